The molecule has 0 aromatic rings. The third kappa shape index (κ3) is 2.55. The second-order valence-corrected chi connectivity index (χ2v) is 5.18. The second-order valence-electron chi connectivity index (χ2n) is 5.18. The molecule has 4 nitrogen and oxygen atoms in total. The molecule has 1 saturated heterocycles. The summed E-state index contributed by atoms with van der Waals surface area (Å²) in [5.74, 6) is -0.308. The summed E-state index contributed by atoms with van der Waals surface area (Å²) in [5, 5.41) is 18.0. The molecule has 0 aromatic heterocycles. The van der Waals surface area contributed by atoms with E-state index in [4.69, 9.17) is 10.2 Å². The third-order valence-corrected chi connectivity index (χ3v) is 4.14. The Morgan fingerprint density at radius 1 is 1.19 bits per heavy atom. The number of likely N-dealkylation sites (tertiary alicyclic amines) is 1. The van der Waals surface area contributed by atoms with E-state index in [1.54, 1.807) is 0 Å². The number of carbonyl (C=O) groups is 1. The number of aliphatic carboxylic acids is 1. The largest absolute Gasteiger partial charge is 0.481 e. The van der Waals surface area contributed by atoms with E-state index in [9.17, 15) is 4.79 Å². The summed E-state index contributed by atoms with van der Waals surface area (Å²) in [6.07, 6.45) is 4.75. The van der Waals surface area contributed by atoms with Crippen LogP contribution in [0.5, 0.6) is 0 Å². The predicted octanol–water partition coefficient (Wildman–Crippen LogP) is 0.944. The van der Waals surface area contributed by atoms with E-state index >= 15 is 0 Å². The van der Waals surface area contributed by atoms with Crippen LogP contribution in [0.25, 0.3) is 0 Å². The Labute approximate surface area is 96.3 Å². The highest BCUT2D eigenvalue weighted by Gasteiger charge is 2.32. The zero-order chi connectivity index (χ0) is 11.5. The summed E-state index contributed by atoms with van der Waals surface area (Å²) >= 11 is 0. The molecule has 1 saturated carbocycles. The van der Waals surface area contributed by atoms with Gasteiger partial charge >= 0.3 is 5.97 Å². The molecule has 0 radical (unpaired) electrons. The quantitative estimate of drug-likeness (QED) is 0.753. The van der Waals surface area contributed by atoms with Crippen LogP contribution in [0.2, 0.25) is 0 Å². The second kappa shape index (κ2) is 5.15. The molecule has 16 heavy (non-hydrogen) atoms. The van der Waals surface area contributed by atoms with Gasteiger partial charge in [0, 0.05) is 19.2 Å². The van der Waals surface area contributed by atoms with Crippen LogP contribution in [0.3, 0.4) is 0 Å². The smallest absolute Gasteiger partial charge is 0.306 e. The average molecular weight is 227 g/mol. The maximum absolute atomic E-state index is 10.8. The van der Waals surface area contributed by atoms with Gasteiger partial charge in [0.25, 0.3) is 0 Å². The zero-order valence-corrected chi connectivity index (χ0v) is 9.64. The Kier molecular flexibility index (Phi) is 3.82. The highest BCUT2D eigenvalue weighted by Crippen LogP contribution is 2.30. The molecule has 0 unspecified atom stereocenters. The summed E-state index contributed by atoms with van der Waals surface area (Å²) in [5.41, 5.74) is 0. The minimum atomic E-state index is -0.631. The van der Waals surface area contributed by atoms with Crippen LogP contribution >= 0.6 is 0 Å². The standard InChI is InChI=1S/C12H21NO3/c14-8-9-5-6-13(7-9)11-3-1-10(2-4-11)12(15)16/h9-11,14H,1-8H2,(H,15,16)/t9-,10?,11?/m1/s1. The zero-order valence-electron chi connectivity index (χ0n) is 9.64. The van der Waals surface area contributed by atoms with Gasteiger partial charge in [-0.15, -0.1) is 0 Å². The molecule has 1 heterocycles. The molecular weight excluding hydrogens is 206 g/mol. The molecule has 0 amide bonds. The first kappa shape index (κ1) is 11.9. The number of aliphatic hydroxyl groups excluding tert-OH is 1. The topological polar surface area (TPSA) is 60.8 Å². The molecular formula is C12H21NO3. The van der Waals surface area contributed by atoms with Crippen LogP contribution in [-0.2, 0) is 4.79 Å². The molecule has 0 spiro atoms. The molecule has 2 rings (SSSR count). The maximum Gasteiger partial charge on any atom is 0.306 e. The van der Waals surface area contributed by atoms with Gasteiger partial charge in [0.05, 0.1) is 5.92 Å². The van der Waals surface area contributed by atoms with Crippen LogP contribution in [0.15, 0.2) is 0 Å². The van der Waals surface area contributed by atoms with E-state index < -0.39 is 5.97 Å². The minimum absolute atomic E-state index is 0.118. The van der Waals surface area contributed by atoms with E-state index in [2.05, 4.69) is 4.90 Å². The number of hydrogen-bond acceptors (Lipinski definition) is 3. The Balaban J connectivity index is 1.79. The van der Waals surface area contributed by atoms with Gasteiger partial charge in [0.1, 0.15) is 0 Å². The fraction of sp³-hybridized carbons (Fsp3) is 0.917. The van der Waals surface area contributed by atoms with Crippen molar-refractivity contribution in [2.75, 3.05) is 19.7 Å². The van der Waals surface area contributed by atoms with Gasteiger partial charge in [0.15, 0.2) is 0 Å². The molecule has 2 aliphatic rings. The molecule has 1 aliphatic heterocycles. The number of hydrogen-bond donors (Lipinski definition) is 2. The van der Waals surface area contributed by atoms with Crippen LogP contribution < -0.4 is 0 Å². The van der Waals surface area contributed by atoms with Crippen molar-refractivity contribution < 1.29 is 15.0 Å². The van der Waals surface area contributed by atoms with Gasteiger partial charge in [-0.3, -0.25) is 4.79 Å². The lowest BCUT2D eigenvalue weighted by Gasteiger charge is -2.33. The van der Waals surface area contributed by atoms with Crippen molar-refractivity contribution >= 4 is 5.97 Å². The highest BCUT2D eigenvalue weighted by molar-refractivity contribution is 5.70. The molecule has 0 aromatic carbocycles. The number of carboxylic acids is 1. The van der Waals surface area contributed by atoms with Crippen molar-refractivity contribution in [3.05, 3.63) is 0 Å². The lowest BCUT2D eigenvalue weighted by Crippen LogP contribution is -2.37. The molecule has 2 fully saturated rings. The van der Waals surface area contributed by atoms with E-state index in [-0.39, 0.29) is 5.92 Å². The van der Waals surface area contributed by atoms with Gasteiger partial charge in [-0.2, -0.15) is 0 Å². The van der Waals surface area contributed by atoms with Crippen molar-refractivity contribution in [1.29, 1.82) is 0 Å². The summed E-state index contributed by atoms with van der Waals surface area (Å²) < 4.78 is 0. The lowest BCUT2D eigenvalue weighted by atomic mass is 9.85. The monoisotopic (exact) mass is 227 g/mol. The summed E-state index contributed by atoms with van der Waals surface area (Å²) in [7, 11) is 0. The molecule has 1 aliphatic carbocycles. The first-order valence-electron chi connectivity index (χ1n) is 6.28. The van der Waals surface area contributed by atoms with Gasteiger partial charge in [-0.25, -0.2) is 0 Å². The number of rotatable bonds is 3. The van der Waals surface area contributed by atoms with Gasteiger partial charge in [-0.05, 0) is 44.6 Å². The summed E-state index contributed by atoms with van der Waals surface area (Å²) in [6, 6.07) is 0.562. The van der Waals surface area contributed by atoms with Crippen molar-refractivity contribution in [3.8, 4) is 0 Å². The first-order chi connectivity index (χ1) is 7.70. The summed E-state index contributed by atoms with van der Waals surface area (Å²) in [6.45, 7) is 2.37. The Morgan fingerprint density at radius 3 is 2.38 bits per heavy atom. The lowest BCUT2D eigenvalue weighted by molar-refractivity contribution is -0.143. The van der Waals surface area contributed by atoms with Crippen LogP contribution in [-0.4, -0.2) is 46.8 Å². The van der Waals surface area contributed by atoms with Crippen LogP contribution in [0.1, 0.15) is 32.1 Å². The van der Waals surface area contributed by atoms with E-state index in [0.29, 0.717) is 18.6 Å². The van der Waals surface area contributed by atoms with Crippen LogP contribution in [0.4, 0.5) is 0 Å². The number of carboxylic acid groups (broad SMARTS) is 1. The van der Waals surface area contributed by atoms with E-state index in [1.807, 2.05) is 0 Å². The average Bonchev–Trinajstić information content (AvgIpc) is 2.77. The van der Waals surface area contributed by atoms with Crippen LogP contribution in [0, 0.1) is 11.8 Å². The Morgan fingerprint density at radius 2 is 1.88 bits per heavy atom. The fourth-order valence-corrected chi connectivity index (χ4v) is 3.03. The molecule has 4 heteroatoms. The van der Waals surface area contributed by atoms with Crippen molar-refractivity contribution in [3.63, 3.8) is 0 Å². The number of nitrogens with zero attached hydrogens (tertiary/aromatic N) is 1. The van der Waals surface area contributed by atoms with E-state index in [1.165, 1.54) is 0 Å². The Hall–Kier alpha value is -0.610. The fourth-order valence-electron chi connectivity index (χ4n) is 3.03. The minimum Gasteiger partial charge on any atom is -0.481 e. The highest BCUT2D eigenvalue weighted by atomic mass is 16.4. The predicted molar refractivity (Wildman–Crippen MR) is 60.1 cm³/mol. The maximum atomic E-state index is 10.8. The molecule has 92 valence electrons. The third-order valence-electron chi connectivity index (χ3n) is 4.14. The van der Waals surface area contributed by atoms with Crippen molar-refractivity contribution in [2.24, 2.45) is 11.8 Å². The van der Waals surface area contributed by atoms with Crippen molar-refractivity contribution in [2.45, 2.75) is 38.1 Å². The van der Waals surface area contributed by atoms with Gasteiger partial charge < -0.3 is 15.1 Å². The summed E-state index contributed by atoms with van der Waals surface area (Å²) in [4.78, 5) is 13.3. The number of aliphatic hydroxyl groups is 1. The van der Waals surface area contributed by atoms with Gasteiger partial charge in [-0.1, -0.05) is 0 Å². The first-order valence-corrected chi connectivity index (χ1v) is 6.28. The molecule has 1 atom stereocenters. The normalized spacial score (nSPS) is 36.4. The SMILES string of the molecule is O=C(O)C1CCC(N2CC[C@@H](CO)C2)CC1. The molecule has 2 N–H and O–H groups in total. The Bertz CT molecular complexity index is 249. The van der Waals surface area contributed by atoms with E-state index in [0.717, 1.165) is 45.2 Å². The molecule has 0 bridgehead atoms. The van der Waals surface area contributed by atoms with Crippen molar-refractivity contribution in [1.82, 2.24) is 4.90 Å². The van der Waals surface area contributed by atoms with Gasteiger partial charge in [0.2, 0.25) is 0 Å².